The number of aliphatic hydroxyl groups is 2. The van der Waals surface area contributed by atoms with E-state index in [4.69, 9.17) is 14.9 Å². The summed E-state index contributed by atoms with van der Waals surface area (Å²) in [4.78, 5) is 4.17. The first-order valence-electron chi connectivity index (χ1n) is 5.09. The van der Waals surface area contributed by atoms with Crippen molar-refractivity contribution in [1.82, 2.24) is 4.98 Å². The van der Waals surface area contributed by atoms with Crippen LogP contribution in [0.25, 0.3) is 0 Å². The number of hydrogen-bond donors (Lipinski definition) is 2. The van der Waals surface area contributed by atoms with Gasteiger partial charge in [-0.05, 0) is 31.9 Å². The Hall–Kier alpha value is -1.13. The van der Waals surface area contributed by atoms with Gasteiger partial charge in [-0.25, -0.2) is 0 Å². The number of aromatic nitrogens is 1. The van der Waals surface area contributed by atoms with Crippen LogP contribution in [0.1, 0.15) is 24.2 Å². The van der Waals surface area contributed by atoms with E-state index in [-0.39, 0.29) is 13.2 Å². The van der Waals surface area contributed by atoms with Crippen molar-refractivity contribution in [3.8, 4) is 5.75 Å². The second kappa shape index (κ2) is 6.37. The Labute approximate surface area is 89.5 Å². The molecule has 0 unspecified atom stereocenters. The molecule has 0 aliphatic heterocycles. The van der Waals surface area contributed by atoms with E-state index in [1.807, 2.05) is 19.1 Å². The molecule has 0 aromatic carbocycles. The number of hydrogen-bond acceptors (Lipinski definition) is 4. The second-order valence-corrected chi connectivity index (χ2v) is 3.33. The minimum atomic E-state index is -0.114. The van der Waals surface area contributed by atoms with Gasteiger partial charge in [0.15, 0.2) is 0 Å². The summed E-state index contributed by atoms with van der Waals surface area (Å²) in [5.41, 5.74) is 1.43. The fraction of sp³-hybridized carbons (Fsp3) is 0.545. The Morgan fingerprint density at radius 3 is 2.73 bits per heavy atom. The molecule has 1 heterocycles. The highest BCUT2D eigenvalue weighted by atomic mass is 16.5. The maximum Gasteiger partial charge on any atom is 0.143 e. The minimum Gasteiger partial charge on any atom is -0.492 e. The molecule has 4 nitrogen and oxygen atoms in total. The molecule has 0 fully saturated rings. The number of unbranched alkanes of at least 4 members (excludes halogenated alkanes) is 1. The Bertz CT molecular complexity index is 302. The molecular weight excluding hydrogens is 194 g/mol. The molecule has 0 radical (unpaired) electrons. The molecule has 2 N–H and O–H groups in total. The Balaban J connectivity index is 2.52. The molecule has 15 heavy (non-hydrogen) atoms. The van der Waals surface area contributed by atoms with Crippen molar-refractivity contribution in [1.29, 1.82) is 0 Å². The Kier molecular flexibility index (Phi) is 5.07. The zero-order chi connectivity index (χ0) is 11.1. The summed E-state index contributed by atoms with van der Waals surface area (Å²) in [5, 5.41) is 17.7. The SMILES string of the molecule is Cc1ccc(OCCCCO)c(CO)n1. The van der Waals surface area contributed by atoms with Crippen LogP contribution >= 0.6 is 0 Å². The summed E-state index contributed by atoms with van der Waals surface area (Å²) < 4.78 is 5.45. The third kappa shape index (κ3) is 3.85. The molecule has 1 aromatic heterocycles. The lowest BCUT2D eigenvalue weighted by molar-refractivity contribution is 0.239. The predicted molar refractivity (Wildman–Crippen MR) is 56.7 cm³/mol. The van der Waals surface area contributed by atoms with Gasteiger partial charge in [-0.2, -0.15) is 0 Å². The van der Waals surface area contributed by atoms with Gasteiger partial charge in [-0.15, -0.1) is 0 Å². The van der Waals surface area contributed by atoms with E-state index in [2.05, 4.69) is 4.98 Å². The first kappa shape index (κ1) is 11.9. The first-order valence-corrected chi connectivity index (χ1v) is 5.09. The van der Waals surface area contributed by atoms with Gasteiger partial charge in [0.05, 0.1) is 13.2 Å². The average Bonchev–Trinajstić information content (AvgIpc) is 2.26. The van der Waals surface area contributed by atoms with Crippen molar-refractivity contribution in [2.75, 3.05) is 13.2 Å². The van der Waals surface area contributed by atoms with Crippen molar-refractivity contribution in [2.45, 2.75) is 26.4 Å². The summed E-state index contributed by atoms with van der Waals surface area (Å²) in [5.74, 6) is 0.626. The highest BCUT2D eigenvalue weighted by Crippen LogP contribution is 2.17. The summed E-state index contributed by atoms with van der Waals surface area (Å²) in [7, 11) is 0. The van der Waals surface area contributed by atoms with E-state index >= 15 is 0 Å². The van der Waals surface area contributed by atoms with Gasteiger partial charge >= 0.3 is 0 Å². The quantitative estimate of drug-likeness (QED) is 0.690. The Morgan fingerprint density at radius 2 is 2.07 bits per heavy atom. The van der Waals surface area contributed by atoms with Crippen molar-refractivity contribution in [2.24, 2.45) is 0 Å². The van der Waals surface area contributed by atoms with Crippen molar-refractivity contribution >= 4 is 0 Å². The van der Waals surface area contributed by atoms with Gasteiger partial charge in [-0.1, -0.05) is 0 Å². The molecule has 0 aliphatic rings. The molecular formula is C11H17NO3. The van der Waals surface area contributed by atoms with E-state index in [9.17, 15) is 0 Å². The van der Waals surface area contributed by atoms with Gasteiger partial charge in [0, 0.05) is 12.3 Å². The van der Waals surface area contributed by atoms with Gasteiger partial charge < -0.3 is 14.9 Å². The smallest absolute Gasteiger partial charge is 0.143 e. The normalized spacial score (nSPS) is 10.3. The summed E-state index contributed by atoms with van der Waals surface area (Å²) >= 11 is 0. The van der Waals surface area contributed by atoms with E-state index in [1.165, 1.54) is 0 Å². The maximum absolute atomic E-state index is 9.06. The molecule has 1 aromatic rings. The van der Waals surface area contributed by atoms with Gasteiger partial charge in [0.1, 0.15) is 11.4 Å². The molecule has 0 bridgehead atoms. The summed E-state index contributed by atoms with van der Waals surface area (Å²) in [6.07, 6.45) is 1.53. The highest BCUT2D eigenvalue weighted by Gasteiger charge is 2.04. The molecule has 0 atom stereocenters. The van der Waals surface area contributed by atoms with Crippen LogP contribution in [0.15, 0.2) is 12.1 Å². The van der Waals surface area contributed by atoms with Crippen molar-refractivity contribution in [3.05, 3.63) is 23.5 Å². The van der Waals surface area contributed by atoms with Crippen LogP contribution in [0.4, 0.5) is 0 Å². The van der Waals surface area contributed by atoms with E-state index in [0.717, 1.165) is 18.5 Å². The van der Waals surface area contributed by atoms with E-state index in [0.29, 0.717) is 18.1 Å². The molecule has 0 spiro atoms. The molecule has 1 rings (SSSR count). The number of aliphatic hydroxyl groups excluding tert-OH is 2. The van der Waals surface area contributed by atoms with Crippen LogP contribution in [0.3, 0.4) is 0 Å². The van der Waals surface area contributed by atoms with Gasteiger partial charge in [-0.3, -0.25) is 4.98 Å². The van der Waals surface area contributed by atoms with Gasteiger partial charge in [0.2, 0.25) is 0 Å². The lowest BCUT2D eigenvalue weighted by Gasteiger charge is -2.09. The third-order valence-corrected chi connectivity index (χ3v) is 2.03. The van der Waals surface area contributed by atoms with E-state index < -0.39 is 0 Å². The average molecular weight is 211 g/mol. The zero-order valence-electron chi connectivity index (χ0n) is 8.94. The number of pyridine rings is 1. The second-order valence-electron chi connectivity index (χ2n) is 3.33. The van der Waals surface area contributed by atoms with Crippen molar-refractivity contribution in [3.63, 3.8) is 0 Å². The fourth-order valence-electron chi connectivity index (χ4n) is 1.24. The van der Waals surface area contributed by atoms with Crippen LogP contribution in [0, 0.1) is 6.92 Å². The zero-order valence-corrected chi connectivity index (χ0v) is 8.94. The monoisotopic (exact) mass is 211 g/mol. The standard InChI is InChI=1S/C11H17NO3/c1-9-4-5-11(10(8-14)12-9)15-7-3-2-6-13/h4-5,13-14H,2-3,6-8H2,1H3. The topological polar surface area (TPSA) is 62.6 Å². The number of aryl methyl sites for hydroxylation is 1. The Morgan fingerprint density at radius 1 is 1.27 bits per heavy atom. The molecule has 0 saturated carbocycles. The lowest BCUT2D eigenvalue weighted by atomic mass is 10.3. The number of ether oxygens (including phenoxy) is 1. The van der Waals surface area contributed by atoms with Crippen LogP contribution in [0.2, 0.25) is 0 Å². The van der Waals surface area contributed by atoms with Crippen molar-refractivity contribution < 1.29 is 14.9 Å². The minimum absolute atomic E-state index is 0.114. The summed E-state index contributed by atoms with van der Waals surface area (Å²) in [6.45, 7) is 2.48. The first-order chi connectivity index (χ1) is 7.27. The number of rotatable bonds is 6. The predicted octanol–water partition coefficient (Wildman–Crippen LogP) is 1.03. The molecule has 0 saturated heterocycles. The largest absolute Gasteiger partial charge is 0.492 e. The van der Waals surface area contributed by atoms with Gasteiger partial charge in [0.25, 0.3) is 0 Å². The third-order valence-electron chi connectivity index (χ3n) is 2.03. The lowest BCUT2D eigenvalue weighted by Crippen LogP contribution is -2.03. The van der Waals surface area contributed by atoms with E-state index in [1.54, 1.807) is 0 Å². The maximum atomic E-state index is 9.06. The molecule has 0 amide bonds. The fourth-order valence-corrected chi connectivity index (χ4v) is 1.24. The molecule has 84 valence electrons. The summed E-state index contributed by atoms with van der Waals surface area (Å²) in [6, 6.07) is 3.66. The van der Waals surface area contributed by atoms with Crippen LogP contribution in [0.5, 0.6) is 5.75 Å². The highest BCUT2D eigenvalue weighted by molar-refractivity contribution is 5.28. The van der Waals surface area contributed by atoms with Crippen LogP contribution < -0.4 is 4.74 Å². The van der Waals surface area contributed by atoms with Crippen LogP contribution in [-0.2, 0) is 6.61 Å². The molecule has 0 aliphatic carbocycles. The molecule has 4 heteroatoms. The number of nitrogens with zero attached hydrogens (tertiary/aromatic N) is 1. The van der Waals surface area contributed by atoms with Crippen LogP contribution in [-0.4, -0.2) is 28.4 Å².